The van der Waals surface area contributed by atoms with Crippen molar-refractivity contribution in [2.24, 2.45) is 0 Å². The Morgan fingerprint density at radius 2 is 1.79 bits per heavy atom. The average Bonchev–Trinajstić information content (AvgIpc) is 2.80. The number of nitrogens with zero attached hydrogens (tertiary/aromatic N) is 1. The van der Waals surface area contributed by atoms with Gasteiger partial charge < -0.3 is 9.38 Å². The summed E-state index contributed by atoms with van der Waals surface area (Å²) in [4.78, 5) is 15.0. The summed E-state index contributed by atoms with van der Waals surface area (Å²) >= 11 is 6.07. The van der Waals surface area contributed by atoms with Gasteiger partial charge in [0.25, 0.3) is 5.56 Å². The van der Waals surface area contributed by atoms with E-state index in [1.807, 2.05) is 46.9 Å². The van der Waals surface area contributed by atoms with Crippen LogP contribution in [0.2, 0.25) is 5.02 Å². The standard InChI is InChI=1S/C15H9ClN2O/c16-10-5-6-11-13(8-10)18-12-4-2-1-3-9(12)7-14(18)15(19)17-11/h1-8H,(H,17,19). The Bertz CT molecular complexity index is 997. The van der Waals surface area contributed by atoms with Gasteiger partial charge >= 0.3 is 0 Å². The van der Waals surface area contributed by atoms with Gasteiger partial charge in [-0.3, -0.25) is 4.79 Å². The second-order valence-electron chi connectivity index (χ2n) is 4.54. The fourth-order valence-electron chi connectivity index (χ4n) is 2.56. The molecule has 1 N–H and O–H groups in total. The first kappa shape index (κ1) is 10.6. The lowest BCUT2D eigenvalue weighted by molar-refractivity contribution is 1.22. The third kappa shape index (κ3) is 1.42. The quantitative estimate of drug-likeness (QED) is 0.520. The second-order valence-corrected chi connectivity index (χ2v) is 4.98. The third-order valence-corrected chi connectivity index (χ3v) is 3.63. The third-order valence-electron chi connectivity index (χ3n) is 3.39. The van der Waals surface area contributed by atoms with Gasteiger partial charge in [0, 0.05) is 10.4 Å². The molecule has 0 spiro atoms. The molecule has 2 aromatic carbocycles. The summed E-state index contributed by atoms with van der Waals surface area (Å²) < 4.78 is 1.95. The molecule has 2 aromatic heterocycles. The van der Waals surface area contributed by atoms with E-state index >= 15 is 0 Å². The van der Waals surface area contributed by atoms with Gasteiger partial charge in [0.2, 0.25) is 0 Å². The molecule has 2 heterocycles. The number of rotatable bonds is 0. The Labute approximate surface area is 113 Å². The number of halogens is 1. The first-order valence-corrected chi connectivity index (χ1v) is 6.33. The highest BCUT2D eigenvalue weighted by atomic mass is 35.5. The molecule has 3 nitrogen and oxygen atoms in total. The van der Waals surface area contributed by atoms with E-state index in [-0.39, 0.29) is 5.56 Å². The molecular weight excluding hydrogens is 260 g/mol. The smallest absolute Gasteiger partial charge is 0.272 e. The molecule has 0 aliphatic carbocycles. The summed E-state index contributed by atoms with van der Waals surface area (Å²) in [5.74, 6) is 0. The molecule has 0 radical (unpaired) electrons. The Morgan fingerprint density at radius 1 is 0.947 bits per heavy atom. The second kappa shape index (κ2) is 3.62. The highest BCUT2D eigenvalue weighted by molar-refractivity contribution is 6.31. The maximum atomic E-state index is 12.1. The van der Waals surface area contributed by atoms with Gasteiger partial charge in [-0.15, -0.1) is 0 Å². The molecule has 4 aromatic rings. The molecule has 0 fully saturated rings. The van der Waals surface area contributed by atoms with E-state index in [2.05, 4.69) is 4.98 Å². The van der Waals surface area contributed by atoms with Crippen molar-refractivity contribution in [2.45, 2.75) is 0 Å². The molecule has 0 unspecified atom stereocenters. The van der Waals surface area contributed by atoms with E-state index in [9.17, 15) is 4.79 Å². The van der Waals surface area contributed by atoms with Crippen molar-refractivity contribution < 1.29 is 0 Å². The fraction of sp³-hybridized carbons (Fsp3) is 0. The molecular formula is C15H9ClN2O. The molecule has 19 heavy (non-hydrogen) atoms. The summed E-state index contributed by atoms with van der Waals surface area (Å²) in [6.07, 6.45) is 0. The zero-order valence-electron chi connectivity index (χ0n) is 9.85. The van der Waals surface area contributed by atoms with Crippen LogP contribution >= 0.6 is 11.6 Å². The molecule has 0 aliphatic heterocycles. The maximum Gasteiger partial charge on any atom is 0.272 e. The van der Waals surface area contributed by atoms with Gasteiger partial charge in [-0.2, -0.15) is 0 Å². The molecule has 92 valence electrons. The molecule has 0 atom stereocenters. The van der Waals surface area contributed by atoms with Crippen molar-refractivity contribution in [2.75, 3.05) is 0 Å². The van der Waals surface area contributed by atoms with Crippen molar-refractivity contribution in [1.29, 1.82) is 0 Å². The molecule has 0 bridgehead atoms. The number of aromatic nitrogens is 2. The Hall–Kier alpha value is -2.26. The number of para-hydroxylation sites is 1. The Kier molecular flexibility index (Phi) is 2.03. The van der Waals surface area contributed by atoms with E-state index in [0.29, 0.717) is 10.5 Å². The SMILES string of the molecule is O=c1[nH]c2ccc(Cl)cc2n2c1cc1ccccc12. The van der Waals surface area contributed by atoms with E-state index in [0.717, 1.165) is 21.9 Å². The number of hydrogen-bond acceptors (Lipinski definition) is 1. The lowest BCUT2D eigenvalue weighted by Crippen LogP contribution is -2.09. The summed E-state index contributed by atoms with van der Waals surface area (Å²) in [6, 6.07) is 15.3. The topological polar surface area (TPSA) is 37.3 Å². The lowest BCUT2D eigenvalue weighted by atomic mass is 10.2. The highest BCUT2D eigenvalue weighted by Crippen LogP contribution is 2.24. The predicted molar refractivity (Wildman–Crippen MR) is 78.0 cm³/mol. The average molecular weight is 269 g/mol. The van der Waals surface area contributed by atoms with Crippen LogP contribution in [0.15, 0.2) is 53.3 Å². The van der Waals surface area contributed by atoms with Crippen LogP contribution < -0.4 is 5.56 Å². The van der Waals surface area contributed by atoms with Crippen molar-refractivity contribution in [3.63, 3.8) is 0 Å². The minimum absolute atomic E-state index is 0.0916. The van der Waals surface area contributed by atoms with Gasteiger partial charge in [-0.25, -0.2) is 0 Å². The number of aromatic amines is 1. The van der Waals surface area contributed by atoms with E-state index in [1.54, 1.807) is 6.07 Å². The molecule has 4 heteroatoms. The summed E-state index contributed by atoms with van der Waals surface area (Å²) in [5, 5.41) is 1.69. The molecule has 0 saturated heterocycles. The van der Waals surface area contributed by atoms with E-state index in [1.165, 1.54) is 0 Å². The normalized spacial score (nSPS) is 11.6. The largest absolute Gasteiger partial charge is 0.319 e. The van der Waals surface area contributed by atoms with Crippen LogP contribution in [0.4, 0.5) is 0 Å². The number of benzene rings is 2. The van der Waals surface area contributed by atoms with Crippen molar-refractivity contribution in [3.05, 3.63) is 63.9 Å². The highest BCUT2D eigenvalue weighted by Gasteiger charge is 2.09. The van der Waals surface area contributed by atoms with Gasteiger partial charge in [0.15, 0.2) is 0 Å². The maximum absolute atomic E-state index is 12.1. The minimum Gasteiger partial charge on any atom is -0.319 e. The fourth-order valence-corrected chi connectivity index (χ4v) is 2.73. The number of nitrogens with one attached hydrogen (secondary N) is 1. The molecule has 4 rings (SSSR count). The predicted octanol–water partition coefficient (Wildman–Crippen LogP) is 3.59. The van der Waals surface area contributed by atoms with Crippen LogP contribution in [0.1, 0.15) is 0 Å². The first-order valence-electron chi connectivity index (χ1n) is 5.96. The lowest BCUT2D eigenvalue weighted by Gasteiger charge is -2.04. The van der Waals surface area contributed by atoms with Crippen molar-refractivity contribution in [3.8, 4) is 0 Å². The Balaban J connectivity index is 2.42. The summed E-state index contributed by atoms with van der Waals surface area (Å²) in [5.41, 5.74) is 3.24. The number of hydrogen-bond donors (Lipinski definition) is 1. The van der Waals surface area contributed by atoms with Crippen molar-refractivity contribution >= 4 is 39.1 Å². The molecule has 0 saturated carbocycles. The van der Waals surface area contributed by atoms with Gasteiger partial charge in [0.05, 0.1) is 16.6 Å². The molecule has 0 aliphatic rings. The zero-order chi connectivity index (χ0) is 13.0. The minimum atomic E-state index is -0.0916. The van der Waals surface area contributed by atoms with Crippen LogP contribution in [-0.2, 0) is 0 Å². The van der Waals surface area contributed by atoms with Crippen molar-refractivity contribution in [1.82, 2.24) is 9.38 Å². The molecule has 0 amide bonds. The Morgan fingerprint density at radius 3 is 2.68 bits per heavy atom. The van der Waals surface area contributed by atoms with Gasteiger partial charge in [-0.1, -0.05) is 29.8 Å². The zero-order valence-corrected chi connectivity index (χ0v) is 10.6. The monoisotopic (exact) mass is 268 g/mol. The van der Waals surface area contributed by atoms with Gasteiger partial charge in [0.1, 0.15) is 5.52 Å². The van der Waals surface area contributed by atoms with Crippen LogP contribution in [0.5, 0.6) is 0 Å². The number of H-pyrrole nitrogens is 1. The van der Waals surface area contributed by atoms with Gasteiger partial charge in [-0.05, 0) is 30.3 Å². The summed E-state index contributed by atoms with van der Waals surface area (Å²) in [7, 11) is 0. The van der Waals surface area contributed by atoms with Crippen LogP contribution in [0.25, 0.3) is 27.5 Å². The van der Waals surface area contributed by atoms with Crippen LogP contribution in [-0.4, -0.2) is 9.38 Å². The van der Waals surface area contributed by atoms with E-state index in [4.69, 9.17) is 11.6 Å². The number of fused-ring (bicyclic) bond motifs is 5. The van der Waals surface area contributed by atoms with E-state index < -0.39 is 0 Å². The summed E-state index contributed by atoms with van der Waals surface area (Å²) in [6.45, 7) is 0. The van der Waals surface area contributed by atoms with Crippen LogP contribution in [0.3, 0.4) is 0 Å². The van der Waals surface area contributed by atoms with Crippen LogP contribution in [0, 0.1) is 0 Å². The first-order chi connectivity index (χ1) is 9.24.